The Morgan fingerprint density at radius 3 is 2.81 bits per heavy atom. The number of nitrogens with two attached hydrogens (primary N) is 1. The molecule has 3 N–H and O–H groups in total. The average molecular weight is 228 g/mol. The van der Waals surface area contributed by atoms with Crippen molar-refractivity contribution in [1.82, 2.24) is 15.2 Å². The molecule has 0 aromatic rings. The monoisotopic (exact) mass is 228 g/mol. The predicted molar refractivity (Wildman–Crippen MR) is 64.7 cm³/mol. The maximum absolute atomic E-state index is 11.2. The summed E-state index contributed by atoms with van der Waals surface area (Å²) in [5.74, 6) is 5.02. The second kappa shape index (κ2) is 6.18. The topological polar surface area (TPSA) is 61.6 Å². The van der Waals surface area contributed by atoms with Crippen molar-refractivity contribution in [3.63, 3.8) is 0 Å². The van der Waals surface area contributed by atoms with Gasteiger partial charge < -0.3 is 4.90 Å². The zero-order valence-electron chi connectivity index (χ0n) is 10.6. The molecule has 16 heavy (non-hydrogen) atoms. The van der Waals surface area contributed by atoms with Crippen molar-refractivity contribution in [2.75, 3.05) is 26.7 Å². The lowest BCUT2D eigenvalue weighted by atomic mass is 10.1. The van der Waals surface area contributed by atoms with Crippen LogP contribution in [0.15, 0.2) is 0 Å². The molecule has 1 saturated heterocycles. The SMILES string of the molecule is CCC1CN(C(C)CC(=O)NN)CCN1C. The maximum atomic E-state index is 11.2. The summed E-state index contributed by atoms with van der Waals surface area (Å²) in [6.45, 7) is 7.46. The highest BCUT2D eigenvalue weighted by molar-refractivity contribution is 5.75. The number of carbonyl (C=O) groups is 1. The first-order chi connectivity index (χ1) is 7.58. The van der Waals surface area contributed by atoms with Crippen LogP contribution in [0, 0.1) is 0 Å². The number of carbonyl (C=O) groups excluding carboxylic acids is 1. The molecule has 1 rings (SSSR count). The van der Waals surface area contributed by atoms with Gasteiger partial charge in [-0.2, -0.15) is 0 Å². The first kappa shape index (κ1) is 13.4. The summed E-state index contributed by atoms with van der Waals surface area (Å²) in [7, 11) is 2.17. The standard InChI is InChI=1S/C11H24N4O/c1-4-10-8-15(6-5-14(10)3)9(2)7-11(16)13-12/h9-10H,4-8,12H2,1-3H3,(H,13,16). The number of nitrogens with zero attached hydrogens (tertiary/aromatic N) is 2. The van der Waals surface area contributed by atoms with E-state index in [1.54, 1.807) is 0 Å². The number of hydrogen-bond acceptors (Lipinski definition) is 4. The second-order valence-corrected chi connectivity index (χ2v) is 4.66. The van der Waals surface area contributed by atoms with Gasteiger partial charge in [0.25, 0.3) is 0 Å². The Hall–Kier alpha value is -0.650. The molecule has 0 aromatic heterocycles. The van der Waals surface area contributed by atoms with Crippen LogP contribution in [0.25, 0.3) is 0 Å². The van der Waals surface area contributed by atoms with Crippen LogP contribution in [-0.4, -0.2) is 54.5 Å². The normalized spacial score (nSPS) is 25.4. The third kappa shape index (κ3) is 3.43. The van der Waals surface area contributed by atoms with Crippen LogP contribution in [0.4, 0.5) is 0 Å². The van der Waals surface area contributed by atoms with E-state index >= 15 is 0 Å². The molecule has 1 aliphatic rings. The van der Waals surface area contributed by atoms with Gasteiger partial charge >= 0.3 is 0 Å². The molecule has 2 unspecified atom stereocenters. The summed E-state index contributed by atoms with van der Waals surface area (Å²) in [6.07, 6.45) is 1.64. The van der Waals surface area contributed by atoms with Crippen LogP contribution in [0.5, 0.6) is 0 Å². The minimum absolute atomic E-state index is 0.0838. The molecule has 94 valence electrons. The van der Waals surface area contributed by atoms with Gasteiger partial charge in [-0.05, 0) is 20.4 Å². The molecule has 2 atom stereocenters. The first-order valence-corrected chi connectivity index (χ1v) is 6.02. The van der Waals surface area contributed by atoms with Crippen molar-refractivity contribution in [3.8, 4) is 0 Å². The van der Waals surface area contributed by atoms with Crippen molar-refractivity contribution in [3.05, 3.63) is 0 Å². The van der Waals surface area contributed by atoms with Crippen molar-refractivity contribution in [2.45, 2.75) is 38.8 Å². The third-order valence-electron chi connectivity index (χ3n) is 3.54. The van der Waals surface area contributed by atoms with Gasteiger partial charge in [-0.25, -0.2) is 5.84 Å². The Kier molecular flexibility index (Phi) is 5.18. The van der Waals surface area contributed by atoms with Gasteiger partial charge in [-0.1, -0.05) is 6.92 Å². The number of likely N-dealkylation sites (N-methyl/N-ethyl adjacent to an activating group) is 1. The van der Waals surface area contributed by atoms with Crippen LogP contribution in [0.3, 0.4) is 0 Å². The Morgan fingerprint density at radius 1 is 1.56 bits per heavy atom. The summed E-state index contributed by atoms with van der Waals surface area (Å²) in [4.78, 5) is 16.0. The fourth-order valence-electron chi connectivity index (χ4n) is 2.27. The highest BCUT2D eigenvalue weighted by atomic mass is 16.2. The molecular weight excluding hydrogens is 204 g/mol. The number of nitrogens with one attached hydrogen (secondary N) is 1. The van der Waals surface area contributed by atoms with Gasteiger partial charge in [0.05, 0.1) is 0 Å². The fourth-order valence-corrected chi connectivity index (χ4v) is 2.27. The summed E-state index contributed by atoms with van der Waals surface area (Å²) in [5.41, 5.74) is 2.19. The van der Waals surface area contributed by atoms with Gasteiger partial charge in [0.1, 0.15) is 0 Å². The van der Waals surface area contributed by atoms with Crippen LogP contribution >= 0.6 is 0 Å². The maximum Gasteiger partial charge on any atom is 0.235 e. The summed E-state index contributed by atoms with van der Waals surface area (Å²) < 4.78 is 0. The lowest BCUT2D eigenvalue weighted by Gasteiger charge is -2.41. The molecular formula is C11H24N4O. The Balaban J connectivity index is 2.45. The quantitative estimate of drug-likeness (QED) is 0.397. The smallest absolute Gasteiger partial charge is 0.235 e. The molecule has 1 amide bonds. The van der Waals surface area contributed by atoms with Gasteiger partial charge in [-0.15, -0.1) is 0 Å². The molecule has 5 heteroatoms. The lowest BCUT2D eigenvalue weighted by Crippen LogP contribution is -2.54. The van der Waals surface area contributed by atoms with E-state index in [2.05, 4.69) is 36.1 Å². The van der Waals surface area contributed by atoms with E-state index in [4.69, 9.17) is 5.84 Å². The van der Waals surface area contributed by atoms with E-state index in [0.717, 1.165) is 26.1 Å². The predicted octanol–water partition coefficient (Wildman–Crippen LogP) is -0.219. The zero-order valence-corrected chi connectivity index (χ0v) is 10.6. The summed E-state index contributed by atoms with van der Waals surface area (Å²) in [5, 5.41) is 0. The third-order valence-corrected chi connectivity index (χ3v) is 3.54. The van der Waals surface area contributed by atoms with Gasteiger partial charge in [-0.3, -0.25) is 15.1 Å². The van der Waals surface area contributed by atoms with Gasteiger partial charge in [0, 0.05) is 38.1 Å². The number of hydrazine groups is 1. The minimum Gasteiger partial charge on any atom is -0.301 e. The fraction of sp³-hybridized carbons (Fsp3) is 0.909. The summed E-state index contributed by atoms with van der Waals surface area (Å²) in [6, 6.07) is 0.878. The van der Waals surface area contributed by atoms with Gasteiger partial charge in [0.2, 0.25) is 5.91 Å². The molecule has 0 bridgehead atoms. The van der Waals surface area contributed by atoms with Gasteiger partial charge in [0.15, 0.2) is 0 Å². The summed E-state index contributed by atoms with van der Waals surface area (Å²) >= 11 is 0. The second-order valence-electron chi connectivity index (χ2n) is 4.66. The van der Waals surface area contributed by atoms with Crippen molar-refractivity contribution < 1.29 is 4.79 Å². The highest BCUT2D eigenvalue weighted by Crippen LogP contribution is 2.14. The molecule has 0 aliphatic carbocycles. The van der Waals surface area contributed by atoms with E-state index in [1.165, 1.54) is 0 Å². The van der Waals surface area contributed by atoms with Crippen LogP contribution in [0.1, 0.15) is 26.7 Å². The van der Waals surface area contributed by atoms with Crippen molar-refractivity contribution in [1.29, 1.82) is 0 Å². The number of amides is 1. The first-order valence-electron chi connectivity index (χ1n) is 6.02. The Morgan fingerprint density at radius 2 is 2.25 bits per heavy atom. The average Bonchev–Trinajstić information content (AvgIpc) is 2.29. The molecule has 0 spiro atoms. The van der Waals surface area contributed by atoms with Crippen LogP contribution in [-0.2, 0) is 4.79 Å². The molecule has 0 radical (unpaired) electrons. The Labute approximate surface area is 97.9 Å². The molecule has 5 nitrogen and oxygen atoms in total. The minimum atomic E-state index is -0.0838. The van der Waals surface area contributed by atoms with E-state index < -0.39 is 0 Å². The van der Waals surface area contributed by atoms with E-state index in [-0.39, 0.29) is 11.9 Å². The van der Waals surface area contributed by atoms with Crippen molar-refractivity contribution in [2.24, 2.45) is 5.84 Å². The number of hydrogen-bond donors (Lipinski definition) is 2. The van der Waals surface area contributed by atoms with E-state index in [1.807, 2.05) is 0 Å². The number of piperazine rings is 1. The van der Waals surface area contributed by atoms with E-state index in [9.17, 15) is 4.79 Å². The molecule has 1 heterocycles. The molecule has 1 aliphatic heterocycles. The molecule has 1 fully saturated rings. The van der Waals surface area contributed by atoms with Crippen LogP contribution in [0.2, 0.25) is 0 Å². The Bertz CT molecular complexity index is 234. The molecule has 0 aromatic carbocycles. The zero-order chi connectivity index (χ0) is 12.1. The van der Waals surface area contributed by atoms with Crippen LogP contribution < -0.4 is 11.3 Å². The lowest BCUT2D eigenvalue weighted by molar-refractivity contribution is -0.122. The van der Waals surface area contributed by atoms with Crippen molar-refractivity contribution >= 4 is 5.91 Å². The number of rotatable bonds is 4. The van der Waals surface area contributed by atoms with E-state index in [0.29, 0.717) is 12.5 Å². The largest absolute Gasteiger partial charge is 0.301 e. The highest BCUT2D eigenvalue weighted by Gasteiger charge is 2.26. The molecule has 0 saturated carbocycles.